The Balaban J connectivity index is 2.12. The first-order valence-electron chi connectivity index (χ1n) is 6.28. The van der Waals surface area contributed by atoms with Gasteiger partial charge in [0.1, 0.15) is 5.82 Å². The van der Waals surface area contributed by atoms with Crippen molar-refractivity contribution in [2.24, 2.45) is 0 Å². The van der Waals surface area contributed by atoms with Crippen LogP contribution >= 0.6 is 0 Å². The lowest BCUT2D eigenvalue weighted by molar-refractivity contribution is 0.115. The van der Waals surface area contributed by atoms with Crippen molar-refractivity contribution in [2.45, 2.75) is 25.9 Å². The van der Waals surface area contributed by atoms with Gasteiger partial charge in [-0.3, -0.25) is 0 Å². The summed E-state index contributed by atoms with van der Waals surface area (Å²) in [6, 6.07) is 1.80. The normalized spacial score (nSPS) is 18.9. The summed E-state index contributed by atoms with van der Waals surface area (Å²) in [6.07, 6.45) is 2.53. The maximum Gasteiger partial charge on any atom is 0.225 e. The molecule has 0 aliphatic carbocycles. The Kier molecular flexibility index (Phi) is 4.19. The molecule has 1 aromatic rings. The van der Waals surface area contributed by atoms with Gasteiger partial charge in [0.05, 0.1) is 13.2 Å². The molecule has 100 valence electrons. The second-order valence-corrected chi connectivity index (χ2v) is 4.30. The molecule has 2 rings (SSSR count). The first-order chi connectivity index (χ1) is 8.72. The van der Waals surface area contributed by atoms with E-state index >= 15 is 0 Å². The van der Waals surface area contributed by atoms with Crippen molar-refractivity contribution in [3.05, 3.63) is 6.07 Å². The predicted molar refractivity (Wildman–Crippen MR) is 69.9 cm³/mol. The Morgan fingerprint density at radius 2 is 2.39 bits per heavy atom. The van der Waals surface area contributed by atoms with Gasteiger partial charge in [-0.25, -0.2) is 0 Å². The van der Waals surface area contributed by atoms with E-state index in [1.54, 1.807) is 13.2 Å². The van der Waals surface area contributed by atoms with Crippen LogP contribution < -0.4 is 15.4 Å². The zero-order chi connectivity index (χ0) is 13.0. The molecule has 18 heavy (non-hydrogen) atoms. The maximum atomic E-state index is 5.68. The minimum atomic E-state index is 0.232. The number of hydrogen-bond donors (Lipinski definition) is 1. The second kappa shape index (κ2) is 5.86. The molecule has 0 radical (unpaired) electrons. The van der Waals surface area contributed by atoms with Crippen LogP contribution in [0.1, 0.15) is 19.8 Å². The number of ether oxygens (including phenoxy) is 2. The molecule has 6 heteroatoms. The fourth-order valence-corrected chi connectivity index (χ4v) is 2.12. The van der Waals surface area contributed by atoms with Crippen LogP contribution in [0.15, 0.2) is 6.07 Å². The van der Waals surface area contributed by atoms with Gasteiger partial charge in [-0.2, -0.15) is 9.97 Å². The summed E-state index contributed by atoms with van der Waals surface area (Å²) in [5.41, 5.74) is 5.68. The zero-order valence-electron chi connectivity index (χ0n) is 10.9. The van der Waals surface area contributed by atoms with Gasteiger partial charge in [0.25, 0.3) is 0 Å². The smallest absolute Gasteiger partial charge is 0.225 e. The zero-order valence-corrected chi connectivity index (χ0v) is 10.9. The Bertz CT molecular complexity index is 394. The van der Waals surface area contributed by atoms with Crippen molar-refractivity contribution in [2.75, 3.05) is 37.4 Å². The Labute approximate surface area is 107 Å². The van der Waals surface area contributed by atoms with Crippen LogP contribution in [0, 0.1) is 0 Å². The third-order valence-corrected chi connectivity index (χ3v) is 3.07. The Morgan fingerprint density at radius 1 is 1.56 bits per heavy atom. The van der Waals surface area contributed by atoms with Gasteiger partial charge in [-0.05, 0) is 19.8 Å². The van der Waals surface area contributed by atoms with Crippen molar-refractivity contribution in [1.29, 1.82) is 0 Å². The number of anilines is 2. The Morgan fingerprint density at radius 3 is 3.00 bits per heavy atom. The summed E-state index contributed by atoms with van der Waals surface area (Å²) in [7, 11) is 1.57. The molecule has 2 heterocycles. The predicted octanol–water partition coefficient (Wildman–Crippen LogP) is 1.07. The molecule has 1 unspecified atom stereocenters. The highest BCUT2D eigenvalue weighted by atomic mass is 16.5. The molecule has 0 bridgehead atoms. The molecule has 1 atom stereocenters. The fraction of sp³-hybridized carbons (Fsp3) is 0.667. The van der Waals surface area contributed by atoms with E-state index in [-0.39, 0.29) is 12.1 Å². The van der Waals surface area contributed by atoms with Crippen LogP contribution in [0.3, 0.4) is 0 Å². The van der Waals surface area contributed by atoms with Crippen molar-refractivity contribution in [3.63, 3.8) is 0 Å². The van der Waals surface area contributed by atoms with E-state index in [2.05, 4.69) is 21.8 Å². The lowest BCUT2D eigenvalue weighted by Gasteiger charge is -2.25. The summed E-state index contributed by atoms with van der Waals surface area (Å²) in [5.74, 6) is 1.51. The molecular weight excluding hydrogens is 232 g/mol. The molecule has 1 saturated heterocycles. The molecular formula is C12H20N4O2. The highest BCUT2D eigenvalue weighted by molar-refractivity contribution is 5.45. The van der Waals surface area contributed by atoms with Gasteiger partial charge < -0.3 is 20.1 Å². The van der Waals surface area contributed by atoms with Crippen LogP contribution in [0.25, 0.3) is 0 Å². The number of nitrogens with zero attached hydrogens (tertiary/aromatic N) is 3. The van der Waals surface area contributed by atoms with E-state index in [0.29, 0.717) is 5.88 Å². The van der Waals surface area contributed by atoms with E-state index in [1.807, 2.05) is 0 Å². The minimum Gasteiger partial charge on any atom is -0.481 e. The summed E-state index contributed by atoms with van der Waals surface area (Å²) < 4.78 is 10.8. The number of nitrogens with two attached hydrogens (primary N) is 1. The molecule has 1 aromatic heterocycles. The minimum absolute atomic E-state index is 0.232. The average molecular weight is 252 g/mol. The quantitative estimate of drug-likeness (QED) is 0.845. The van der Waals surface area contributed by atoms with Crippen LogP contribution in [-0.4, -0.2) is 42.9 Å². The molecule has 6 nitrogen and oxygen atoms in total. The monoisotopic (exact) mass is 252 g/mol. The third-order valence-electron chi connectivity index (χ3n) is 3.07. The SMILES string of the molecule is CCN(CC1CCCO1)c1cc(OC)nc(N)n1. The van der Waals surface area contributed by atoms with E-state index in [0.717, 1.165) is 38.4 Å². The summed E-state index contributed by atoms with van der Waals surface area (Å²) in [5, 5.41) is 0. The van der Waals surface area contributed by atoms with E-state index in [4.69, 9.17) is 15.2 Å². The van der Waals surface area contributed by atoms with Gasteiger partial charge in [0.2, 0.25) is 11.8 Å². The molecule has 1 aliphatic rings. The topological polar surface area (TPSA) is 73.5 Å². The van der Waals surface area contributed by atoms with Gasteiger partial charge in [0, 0.05) is 25.8 Å². The summed E-state index contributed by atoms with van der Waals surface area (Å²) in [6.45, 7) is 4.62. The van der Waals surface area contributed by atoms with Crippen molar-refractivity contribution >= 4 is 11.8 Å². The number of aromatic nitrogens is 2. The molecule has 0 spiro atoms. The Hall–Kier alpha value is -1.56. The first kappa shape index (κ1) is 12.9. The lowest BCUT2D eigenvalue weighted by Crippen LogP contribution is -2.32. The molecule has 2 N–H and O–H groups in total. The number of hydrogen-bond acceptors (Lipinski definition) is 6. The summed E-state index contributed by atoms with van der Waals surface area (Å²) >= 11 is 0. The third kappa shape index (κ3) is 3.01. The van der Waals surface area contributed by atoms with Crippen molar-refractivity contribution in [3.8, 4) is 5.88 Å². The summed E-state index contributed by atoms with van der Waals surface area (Å²) in [4.78, 5) is 10.4. The highest BCUT2D eigenvalue weighted by Crippen LogP contribution is 2.21. The maximum absolute atomic E-state index is 5.68. The number of methoxy groups -OCH3 is 1. The van der Waals surface area contributed by atoms with E-state index in [9.17, 15) is 0 Å². The van der Waals surface area contributed by atoms with Crippen molar-refractivity contribution in [1.82, 2.24) is 9.97 Å². The number of likely N-dealkylation sites (N-methyl/N-ethyl adjacent to an activating group) is 1. The standard InChI is InChI=1S/C12H20N4O2/c1-3-16(8-9-5-4-6-18-9)10-7-11(17-2)15-12(13)14-10/h7,9H,3-6,8H2,1-2H3,(H2,13,14,15). The average Bonchev–Trinajstić information content (AvgIpc) is 2.88. The van der Waals surface area contributed by atoms with Crippen LogP contribution in [0.2, 0.25) is 0 Å². The molecule has 0 saturated carbocycles. The first-order valence-corrected chi connectivity index (χ1v) is 6.28. The molecule has 0 aromatic carbocycles. The fourth-order valence-electron chi connectivity index (χ4n) is 2.12. The van der Waals surface area contributed by atoms with Gasteiger partial charge in [0.15, 0.2) is 0 Å². The largest absolute Gasteiger partial charge is 0.481 e. The van der Waals surface area contributed by atoms with Crippen LogP contribution in [0.4, 0.5) is 11.8 Å². The van der Waals surface area contributed by atoms with Gasteiger partial charge >= 0.3 is 0 Å². The van der Waals surface area contributed by atoms with Crippen LogP contribution in [-0.2, 0) is 4.74 Å². The van der Waals surface area contributed by atoms with E-state index in [1.165, 1.54) is 0 Å². The second-order valence-electron chi connectivity index (χ2n) is 4.30. The van der Waals surface area contributed by atoms with Crippen LogP contribution in [0.5, 0.6) is 5.88 Å². The highest BCUT2D eigenvalue weighted by Gasteiger charge is 2.20. The molecule has 1 fully saturated rings. The number of rotatable bonds is 5. The molecule has 0 amide bonds. The van der Waals surface area contributed by atoms with E-state index < -0.39 is 0 Å². The van der Waals surface area contributed by atoms with Crippen molar-refractivity contribution < 1.29 is 9.47 Å². The van der Waals surface area contributed by atoms with Gasteiger partial charge in [-0.1, -0.05) is 0 Å². The molecule has 1 aliphatic heterocycles. The number of nitrogen functional groups attached to an aromatic ring is 1. The lowest BCUT2D eigenvalue weighted by atomic mass is 10.2. The van der Waals surface area contributed by atoms with Gasteiger partial charge in [-0.15, -0.1) is 0 Å².